The highest BCUT2D eigenvalue weighted by atomic mass is 32.2. The van der Waals surface area contributed by atoms with Crippen LogP contribution in [-0.4, -0.2) is 29.2 Å². The summed E-state index contributed by atoms with van der Waals surface area (Å²) < 4.78 is 10.9. The zero-order valence-electron chi connectivity index (χ0n) is 14.9. The molecule has 1 aromatic heterocycles. The topological polar surface area (TPSA) is 93.5 Å². The van der Waals surface area contributed by atoms with E-state index in [1.165, 1.54) is 0 Å². The number of hydrazine groups is 1. The Morgan fingerprint density at radius 3 is 2.52 bits per heavy atom. The maximum absolute atomic E-state index is 11.8. The molecule has 2 N–H and O–H groups in total. The number of aryl methyl sites for hydroxylation is 2. The van der Waals surface area contributed by atoms with Crippen molar-refractivity contribution in [3.63, 3.8) is 0 Å². The summed E-state index contributed by atoms with van der Waals surface area (Å²) in [4.78, 5) is 27.9. The van der Waals surface area contributed by atoms with E-state index in [9.17, 15) is 9.59 Å². The van der Waals surface area contributed by atoms with Crippen molar-refractivity contribution in [1.82, 2.24) is 15.8 Å². The molecule has 1 heterocycles. The summed E-state index contributed by atoms with van der Waals surface area (Å²) in [5, 5.41) is 0.399. The van der Waals surface area contributed by atoms with Gasteiger partial charge in [-0.25, -0.2) is 4.98 Å². The van der Waals surface area contributed by atoms with Crippen molar-refractivity contribution in [3.05, 3.63) is 53.6 Å². The van der Waals surface area contributed by atoms with Gasteiger partial charge in [0.15, 0.2) is 12.2 Å². The Morgan fingerprint density at radius 2 is 1.78 bits per heavy atom. The number of nitrogens with zero attached hydrogens (tertiary/aromatic N) is 1. The Labute approximate surface area is 160 Å². The van der Waals surface area contributed by atoms with Crippen molar-refractivity contribution in [1.29, 1.82) is 0 Å². The van der Waals surface area contributed by atoms with Gasteiger partial charge in [0, 0.05) is 0 Å². The predicted octanol–water partition coefficient (Wildman–Crippen LogP) is 2.76. The molecule has 0 fully saturated rings. The van der Waals surface area contributed by atoms with Crippen LogP contribution < -0.4 is 15.6 Å². The molecule has 0 spiro atoms. The van der Waals surface area contributed by atoms with Gasteiger partial charge in [-0.3, -0.25) is 20.4 Å². The zero-order chi connectivity index (χ0) is 19.2. The Balaban J connectivity index is 1.39. The van der Waals surface area contributed by atoms with Gasteiger partial charge in [-0.05, 0) is 49.2 Å². The second-order valence-corrected chi connectivity index (χ2v) is 6.87. The molecule has 0 aliphatic rings. The van der Waals surface area contributed by atoms with Crippen LogP contribution in [-0.2, 0) is 9.59 Å². The van der Waals surface area contributed by atoms with Gasteiger partial charge in [0.2, 0.25) is 5.91 Å². The number of ether oxygens (including phenoxy) is 1. The van der Waals surface area contributed by atoms with E-state index in [0.29, 0.717) is 16.6 Å². The number of carbonyl (C=O) groups excluding carboxylic acids is 2. The predicted molar refractivity (Wildman–Crippen MR) is 102 cm³/mol. The molecule has 2 amide bonds. The van der Waals surface area contributed by atoms with E-state index in [0.717, 1.165) is 28.4 Å². The number of fused-ring (bicyclic) bond motifs is 1. The van der Waals surface area contributed by atoms with Crippen LogP contribution in [0.1, 0.15) is 11.1 Å². The van der Waals surface area contributed by atoms with Crippen LogP contribution in [0.15, 0.2) is 52.1 Å². The minimum atomic E-state index is -0.450. The highest BCUT2D eigenvalue weighted by Crippen LogP contribution is 2.22. The van der Waals surface area contributed by atoms with E-state index in [1.807, 2.05) is 56.3 Å². The number of hydrogen-bond acceptors (Lipinski definition) is 6. The lowest BCUT2D eigenvalue weighted by atomic mass is 10.1. The normalized spacial score (nSPS) is 10.6. The number of aromatic nitrogens is 1. The summed E-state index contributed by atoms with van der Waals surface area (Å²) in [5.74, 6) is -0.151. The minimum Gasteiger partial charge on any atom is -0.484 e. The van der Waals surface area contributed by atoms with E-state index >= 15 is 0 Å². The monoisotopic (exact) mass is 385 g/mol. The first-order valence-electron chi connectivity index (χ1n) is 8.27. The molecule has 0 radical (unpaired) electrons. The van der Waals surface area contributed by atoms with Crippen molar-refractivity contribution in [3.8, 4) is 5.75 Å². The number of amides is 2. The van der Waals surface area contributed by atoms with Gasteiger partial charge >= 0.3 is 0 Å². The van der Waals surface area contributed by atoms with Crippen LogP contribution in [0, 0.1) is 13.8 Å². The summed E-state index contributed by atoms with van der Waals surface area (Å²) in [5.41, 5.74) is 8.15. The van der Waals surface area contributed by atoms with Crippen molar-refractivity contribution >= 4 is 34.7 Å². The fourth-order valence-corrected chi connectivity index (χ4v) is 3.06. The third kappa shape index (κ3) is 5.49. The second-order valence-electron chi connectivity index (χ2n) is 5.94. The Kier molecular flexibility index (Phi) is 5.97. The van der Waals surface area contributed by atoms with E-state index in [4.69, 9.17) is 9.15 Å². The lowest BCUT2D eigenvalue weighted by Crippen LogP contribution is -2.44. The highest BCUT2D eigenvalue weighted by molar-refractivity contribution is 7.99. The maximum Gasteiger partial charge on any atom is 0.276 e. The van der Waals surface area contributed by atoms with Crippen LogP contribution in [0.4, 0.5) is 0 Å². The molecular formula is C19H19N3O4S. The first-order valence-corrected chi connectivity index (χ1v) is 9.25. The molecule has 3 aromatic rings. The summed E-state index contributed by atoms with van der Waals surface area (Å²) in [7, 11) is 0. The number of oxazole rings is 1. The molecule has 7 nitrogen and oxygen atoms in total. The number of para-hydroxylation sites is 2. The minimum absolute atomic E-state index is 0.0605. The summed E-state index contributed by atoms with van der Waals surface area (Å²) in [6, 6.07) is 13.1. The molecule has 0 saturated heterocycles. The van der Waals surface area contributed by atoms with Gasteiger partial charge in [-0.15, -0.1) is 0 Å². The highest BCUT2D eigenvalue weighted by Gasteiger charge is 2.10. The first kappa shape index (κ1) is 18.8. The van der Waals surface area contributed by atoms with Crippen LogP contribution in [0.3, 0.4) is 0 Å². The maximum atomic E-state index is 11.8. The summed E-state index contributed by atoms with van der Waals surface area (Å²) >= 11 is 1.15. The van der Waals surface area contributed by atoms with Crippen LogP contribution in [0.2, 0.25) is 0 Å². The van der Waals surface area contributed by atoms with Gasteiger partial charge in [0.25, 0.3) is 11.1 Å². The third-order valence-electron chi connectivity index (χ3n) is 3.51. The van der Waals surface area contributed by atoms with E-state index in [-0.39, 0.29) is 18.3 Å². The van der Waals surface area contributed by atoms with Crippen LogP contribution in [0.25, 0.3) is 11.1 Å². The first-order chi connectivity index (χ1) is 13.0. The molecule has 27 heavy (non-hydrogen) atoms. The molecule has 3 rings (SSSR count). The quantitative estimate of drug-likeness (QED) is 0.501. The largest absolute Gasteiger partial charge is 0.484 e. The molecule has 0 bridgehead atoms. The molecule has 140 valence electrons. The number of benzene rings is 2. The van der Waals surface area contributed by atoms with Gasteiger partial charge < -0.3 is 9.15 Å². The molecule has 0 saturated carbocycles. The Hall–Kier alpha value is -3.00. The molecule has 8 heteroatoms. The summed E-state index contributed by atoms with van der Waals surface area (Å²) in [6.45, 7) is 3.71. The number of rotatable bonds is 6. The van der Waals surface area contributed by atoms with Crippen molar-refractivity contribution in [2.24, 2.45) is 0 Å². The number of nitrogens with one attached hydrogen (secondary N) is 2. The number of thioether (sulfide) groups is 1. The van der Waals surface area contributed by atoms with Gasteiger partial charge in [0.1, 0.15) is 11.3 Å². The van der Waals surface area contributed by atoms with Crippen LogP contribution >= 0.6 is 11.8 Å². The lowest BCUT2D eigenvalue weighted by molar-refractivity contribution is -0.128. The number of carbonyl (C=O) groups is 2. The molecule has 2 aromatic carbocycles. The smallest absolute Gasteiger partial charge is 0.276 e. The van der Waals surface area contributed by atoms with Crippen molar-refractivity contribution in [2.45, 2.75) is 19.1 Å². The summed E-state index contributed by atoms with van der Waals surface area (Å²) in [6.07, 6.45) is 0. The average Bonchev–Trinajstić information content (AvgIpc) is 3.05. The Morgan fingerprint density at radius 1 is 1.07 bits per heavy atom. The average molecular weight is 385 g/mol. The lowest BCUT2D eigenvalue weighted by Gasteiger charge is -2.09. The van der Waals surface area contributed by atoms with Gasteiger partial charge in [-0.1, -0.05) is 30.0 Å². The fourth-order valence-electron chi connectivity index (χ4n) is 2.42. The van der Waals surface area contributed by atoms with Crippen LogP contribution in [0.5, 0.6) is 5.75 Å². The molecule has 0 aliphatic heterocycles. The Bertz CT molecular complexity index is 917. The number of hydrogen-bond donors (Lipinski definition) is 2. The molecular weight excluding hydrogens is 366 g/mol. The van der Waals surface area contributed by atoms with Gasteiger partial charge in [0.05, 0.1) is 5.75 Å². The van der Waals surface area contributed by atoms with Crippen molar-refractivity contribution < 1.29 is 18.7 Å². The molecule has 0 aliphatic carbocycles. The van der Waals surface area contributed by atoms with E-state index in [1.54, 1.807) is 0 Å². The van der Waals surface area contributed by atoms with E-state index in [2.05, 4.69) is 15.8 Å². The SMILES string of the molecule is Cc1cc(C)cc(OCC(=O)NNC(=O)CSc2nc3ccccc3o2)c1. The zero-order valence-corrected chi connectivity index (χ0v) is 15.8. The van der Waals surface area contributed by atoms with E-state index < -0.39 is 5.91 Å². The second kappa shape index (κ2) is 8.59. The molecule has 0 atom stereocenters. The fraction of sp³-hybridized carbons (Fsp3) is 0.211. The molecule has 0 unspecified atom stereocenters. The van der Waals surface area contributed by atoms with Crippen molar-refractivity contribution in [2.75, 3.05) is 12.4 Å². The van der Waals surface area contributed by atoms with Gasteiger partial charge in [-0.2, -0.15) is 0 Å². The standard InChI is InChI=1S/C19H19N3O4S/c1-12-7-13(2)9-14(8-12)25-10-17(23)21-22-18(24)11-27-19-20-15-5-3-4-6-16(15)26-19/h3-9H,10-11H2,1-2H3,(H,21,23)(H,22,24). The third-order valence-corrected chi connectivity index (χ3v) is 4.34.